The van der Waals surface area contributed by atoms with E-state index in [1.807, 2.05) is 6.07 Å². The summed E-state index contributed by atoms with van der Waals surface area (Å²) in [4.78, 5) is 14.2. The maximum absolute atomic E-state index is 11.7. The fourth-order valence-corrected chi connectivity index (χ4v) is 4.53. The first-order chi connectivity index (χ1) is 14.1. The number of nitrogens with zero attached hydrogens (tertiary/aromatic N) is 5. The van der Waals surface area contributed by atoms with Crippen molar-refractivity contribution < 1.29 is 14.3 Å². The molecule has 3 aromatic rings. The van der Waals surface area contributed by atoms with Crippen LogP contribution < -0.4 is 0 Å². The Morgan fingerprint density at radius 2 is 2.00 bits per heavy atom. The Kier molecular flexibility index (Phi) is 4.77. The maximum Gasteiger partial charge on any atom is 0.434 e. The lowest BCUT2D eigenvalue weighted by Crippen LogP contribution is -2.51. The molecule has 2 saturated heterocycles. The molecular formula is C20H22ClN5O3. The molecule has 8 nitrogen and oxygen atoms in total. The number of piperidine rings is 1. The fraction of sp³-hybridized carbons (Fsp3) is 0.450. The minimum atomic E-state index is -0.542. The number of carbonyl (C=O) groups is 1. The second-order valence-electron chi connectivity index (χ2n) is 7.60. The van der Waals surface area contributed by atoms with Crippen molar-refractivity contribution in [3.8, 4) is 5.69 Å². The van der Waals surface area contributed by atoms with Gasteiger partial charge >= 0.3 is 6.09 Å². The van der Waals surface area contributed by atoms with Crippen LogP contribution in [0.2, 0.25) is 5.02 Å². The van der Waals surface area contributed by atoms with Crippen molar-refractivity contribution in [1.29, 1.82) is 0 Å². The van der Waals surface area contributed by atoms with Crippen LogP contribution in [0.3, 0.4) is 0 Å². The first-order valence-corrected chi connectivity index (χ1v) is 10.1. The van der Waals surface area contributed by atoms with E-state index < -0.39 is 6.09 Å². The van der Waals surface area contributed by atoms with Crippen LogP contribution in [0.1, 0.15) is 24.3 Å². The highest BCUT2D eigenvalue weighted by molar-refractivity contribution is 6.32. The number of likely N-dealkylation sites (tertiary alicyclic amines) is 1. The highest BCUT2D eigenvalue weighted by atomic mass is 35.5. The summed E-state index contributed by atoms with van der Waals surface area (Å²) >= 11 is 6.65. The zero-order valence-corrected chi connectivity index (χ0v) is 16.9. The van der Waals surface area contributed by atoms with Crippen LogP contribution in [0.15, 0.2) is 30.7 Å². The van der Waals surface area contributed by atoms with Gasteiger partial charge in [-0.15, -0.1) is 0 Å². The molecule has 2 aliphatic rings. The molecule has 5 rings (SSSR count). The van der Waals surface area contributed by atoms with Gasteiger partial charge in [-0.3, -0.25) is 4.90 Å². The van der Waals surface area contributed by atoms with Crippen molar-refractivity contribution in [1.82, 2.24) is 24.5 Å². The van der Waals surface area contributed by atoms with E-state index >= 15 is 0 Å². The van der Waals surface area contributed by atoms with Crippen LogP contribution >= 0.6 is 11.6 Å². The van der Waals surface area contributed by atoms with Gasteiger partial charge in [0.25, 0.3) is 0 Å². The van der Waals surface area contributed by atoms with E-state index in [1.165, 1.54) is 7.11 Å². The predicted molar refractivity (Wildman–Crippen MR) is 108 cm³/mol. The number of fused-ring (bicyclic) bond motifs is 1. The first kappa shape index (κ1) is 18.6. The molecule has 0 radical (unpaired) electrons. The summed E-state index contributed by atoms with van der Waals surface area (Å²) in [6.07, 6.45) is 6.59. The van der Waals surface area contributed by atoms with Gasteiger partial charge in [0.15, 0.2) is 0 Å². The molecular weight excluding hydrogens is 394 g/mol. The van der Waals surface area contributed by atoms with E-state index in [2.05, 4.69) is 21.2 Å². The van der Waals surface area contributed by atoms with Gasteiger partial charge in [-0.1, -0.05) is 11.6 Å². The van der Waals surface area contributed by atoms with Crippen molar-refractivity contribution >= 4 is 28.6 Å². The van der Waals surface area contributed by atoms with E-state index in [9.17, 15) is 4.79 Å². The summed E-state index contributed by atoms with van der Waals surface area (Å²) in [6, 6.07) is 4.70. The second-order valence-corrected chi connectivity index (χ2v) is 8.01. The van der Waals surface area contributed by atoms with Gasteiger partial charge in [0, 0.05) is 10.4 Å². The zero-order chi connectivity index (χ0) is 20.0. The summed E-state index contributed by atoms with van der Waals surface area (Å²) in [5.74, 6) is 0.422. The Morgan fingerprint density at radius 3 is 2.69 bits per heavy atom. The normalized spacial score (nSPS) is 18.8. The molecule has 1 aromatic carbocycles. The molecule has 0 amide bonds. The lowest BCUT2D eigenvalue weighted by molar-refractivity contribution is -0.0712. The quantitative estimate of drug-likeness (QED) is 0.654. The molecule has 9 heteroatoms. The summed E-state index contributed by atoms with van der Waals surface area (Å²) in [7, 11) is 1.32. The summed E-state index contributed by atoms with van der Waals surface area (Å²) < 4.78 is 13.0. The maximum atomic E-state index is 11.7. The number of hydrogen-bond acceptors (Lipinski definition) is 6. The van der Waals surface area contributed by atoms with Crippen LogP contribution in [-0.2, 0) is 9.47 Å². The molecule has 152 valence electrons. The number of aromatic nitrogens is 4. The third-order valence-electron chi connectivity index (χ3n) is 5.97. The lowest BCUT2D eigenvalue weighted by atomic mass is 9.88. The average Bonchev–Trinajstić information content (AvgIpc) is 3.33. The number of rotatable bonds is 3. The van der Waals surface area contributed by atoms with Crippen molar-refractivity contribution in [2.45, 2.75) is 24.8 Å². The van der Waals surface area contributed by atoms with Crippen molar-refractivity contribution in [2.75, 3.05) is 33.4 Å². The Balaban J connectivity index is 1.43. The van der Waals surface area contributed by atoms with Crippen molar-refractivity contribution in [2.24, 2.45) is 0 Å². The largest absolute Gasteiger partial charge is 0.451 e. The van der Waals surface area contributed by atoms with Gasteiger partial charge in [0.2, 0.25) is 0 Å². The van der Waals surface area contributed by atoms with E-state index in [1.54, 1.807) is 23.3 Å². The summed E-state index contributed by atoms with van der Waals surface area (Å²) in [5, 5.41) is 10.3. The smallest absolute Gasteiger partial charge is 0.434 e. The molecule has 0 atom stereocenters. The zero-order valence-electron chi connectivity index (χ0n) is 16.1. The van der Waals surface area contributed by atoms with Crippen molar-refractivity contribution in [3.05, 3.63) is 41.3 Å². The Hall–Kier alpha value is -2.42. The Morgan fingerprint density at radius 1 is 1.21 bits per heavy atom. The van der Waals surface area contributed by atoms with Gasteiger partial charge < -0.3 is 9.47 Å². The number of benzene rings is 1. The summed E-state index contributed by atoms with van der Waals surface area (Å²) in [5.41, 5.74) is 2.80. The minimum Gasteiger partial charge on any atom is -0.451 e. The van der Waals surface area contributed by atoms with Gasteiger partial charge in [0.05, 0.1) is 50.5 Å². The monoisotopic (exact) mass is 415 g/mol. The second kappa shape index (κ2) is 7.44. The Labute approximate surface area is 172 Å². The molecule has 0 bridgehead atoms. The number of hydrogen-bond donors (Lipinski definition) is 0. The first-order valence-electron chi connectivity index (χ1n) is 9.76. The van der Waals surface area contributed by atoms with E-state index in [0.29, 0.717) is 17.6 Å². The molecule has 2 aliphatic heterocycles. The predicted octanol–water partition coefficient (Wildman–Crippen LogP) is 3.07. The highest BCUT2D eigenvalue weighted by Gasteiger charge is 2.31. The van der Waals surface area contributed by atoms with Crippen LogP contribution in [-0.4, -0.2) is 70.0 Å². The van der Waals surface area contributed by atoms with E-state index in [0.717, 1.165) is 65.3 Å². The van der Waals surface area contributed by atoms with Crippen LogP contribution in [0.25, 0.3) is 16.6 Å². The van der Waals surface area contributed by atoms with Gasteiger partial charge in [-0.2, -0.15) is 14.9 Å². The van der Waals surface area contributed by atoms with E-state index in [-0.39, 0.29) is 0 Å². The number of halogens is 1. The molecule has 0 spiro atoms. The minimum absolute atomic E-state index is 0.422. The van der Waals surface area contributed by atoms with Gasteiger partial charge in [0.1, 0.15) is 5.69 Å². The third-order valence-corrected chi connectivity index (χ3v) is 6.30. The number of ether oxygens (including phenoxy) is 2. The van der Waals surface area contributed by atoms with E-state index in [4.69, 9.17) is 21.1 Å². The molecule has 0 saturated carbocycles. The topological polar surface area (TPSA) is 74.4 Å². The van der Waals surface area contributed by atoms with Crippen LogP contribution in [0.4, 0.5) is 4.79 Å². The van der Waals surface area contributed by atoms with Crippen LogP contribution in [0, 0.1) is 0 Å². The molecule has 0 N–H and O–H groups in total. The van der Waals surface area contributed by atoms with Gasteiger partial charge in [-0.25, -0.2) is 9.48 Å². The van der Waals surface area contributed by atoms with Crippen molar-refractivity contribution in [3.63, 3.8) is 0 Å². The molecule has 0 aliphatic carbocycles. The number of methoxy groups -OCH3 is 1. The standard InChI is InChI=1S/C20H22ClN5O3/c1-28-20(27)25-10-15(9-22-25)26-19-7-17(18(21)6-14(19)8-23-26)13-2-4-24(5-3-13)16-11-29-12-16/h6-10,13,16H,2-5,11-12H2,1H3. The molecule has 2 aromatic heterocycles. The molecule has 0 unspecified atom stereocenters. The molecule has 2 fully saturated rings. The molecule has 29 heavy (non-hydrogen) atoms. The highest BCUT2D eigenvalue weighted by Crippen LogP contribution is 2.36. The summed E-state index contributed by atoms with van der Waals surface area (Å²) in [6.45, 7) is 3.85. The molecule has 4 heterocycles. The Bertz CT molecular complexity index is 1050. The van der Waals surface area contributed by atoms with Gasteiger partial charge in [-0.05, 0) is 49.5 Å². The third kappa shape index (κ3) is 3.31. The lowest BCUT2D eigenvalue weighted by Gasteiger charge is -2.41. The average molecular weight is 416 g/mol. The number of carbonyl (C=O) groups excluding carboxylic acids is 1. The van der Waals surface area contributed by atoms with Crippen LogP contribution in [0.5, 0.6) is 0 Å². The SMILES string of the molecule is COC(=O)n1cc(-n2ncc3cc(Cl)c(C4CCN(C5COC5)CC4)cc32)cn1. The fourth-order valence-electron chi connectivity index (χ4n) is 4.21.